The van der Waals surface area contributed by atoms with Crippen molar-refractivity contribution in [2.75, 3.05) is 0 Å². The third-order valence-corrected chi connectivity index (χ3v) is 3.45. The Morgan fingerprint density at radius 2 is 1.50 bits per heavy atom. The van der Waals surface area contributed by atoms with Crippen LogP contribution in [0, 0.1) is 5.92 Å². The number of carbonyl (C=O) groups is 2. The van der Waals surface area contributed by atoms with Crippen molar-refractivity contribution in [3.05, 3.63) is 24.3 Å². The first-order valence-electron chi connectivity index (χ1n) is 8.45. The van der Waals surface area contributed by atoms with Gasteiger partial charge in [-0.05, 0) is 45.2 Å². The summed E-state index contributed by atoms with van der Waals surface area (Å²) in [7, 11) is 0. The van der Waals surface area contributed by atoms with Gasteiger partial charge in [0.05, 0.1) is 6.10 Å². The fourth-order valence-electron chi connectivity index (χ4n) is 1.84. The lowest BCUT2D eigenvalue weighted by Gasteiger charge is -2.16. The number of ether oxygens (including phenoxy) is 3. The van der Waals surface area contributed by atoms with Crippen LogP contribution in [0.15, 0.2) is 24.3 Å². The molecule has 0 heterocycles. The molecule has 0 aliphatic heterocycles. The second-order valence-corrected chi connectivity index (χ2v) is 6.38. The van der Waals surface area contributed by atoms with Gasteiger partial charge in [0.2, 0.25) is 0 Å². The van der Waals surface area contributed by atoms with Gasteiger partial charge < -0.3 is 14.2 Å². The van der Waals surface area contributed by atoms with Crippen LogP contribution in [0.25, 0.3) is 0 Å². The summed E-state index contributed by atoms with van der Waals surface area (Å²) in [4.78, 5) is 23.6. The highest BCUT2D eigenvalue weighted by Crippen LogP contribution is 2.27. The van der Waals surface area contributed by atoms with Gasteiger partial charge in [0.15, 0.2) is 11.5 Å². The third kappa shape index (κ3) is 7.49. The molecule has 1 aromatic carbocycles. The molecule has 0 bridgehead atoms. The number of hydrogen-bond acceptors (Lipinski definition) is 5. The van der Waals surface area contributed by atoms with Gasteiger partial charge >= 0.3 is 11.9 Å². The summed E-state index contributed by atoms with van der Waals surface area (Å²) in [5.74, 6) is 0.529. The Balaban J connectivity index is 2.41. The molecule has 0 aliphatic carbocycles. The zero-order valence-corrected chi connectivity index (χ0v) is 15.2. The van der Waals surface area contributed by atoms with Crippen LogP contribution in [0.5, 0.6) is 11.5 Å². The van der Waals surface area contributed by atoms with Crippen molar-refractivity contribution >= 4 is 11.9 Å². The van der Waals surface area contributed by atoms with E-state index in [0.717, 1.165) is 0 Å². The van der Waals surface area contributed by atoms with Crippen LogP contribution in [0.3, 0.4) is 0 Å². The van der Waals surface area contributed by atoms with Crippen LogP contribution in [0.2, 0.25) is 0 Å². The molecular weight excluding hydrogens is 308 g/mol. The van der Waals surface area contributed by atoms with Crippen LogP contribution >= 0.6 is 0 Å². The third-order valence-electron chi connectivity index (χ3n) is 3.45. The fourth-order valence-corrected chi connectivity index (χ4v) is 1.84. The first kappa shape index (κ1) is 20.0. The molecule has 0 fully saturated rings. The molecule has 0 N–H and O–H groups in total. The van der Waals surface area contributed by atoms with Crippen LogP contribution < -0.4 is 9.47 Å². The molecule has 0 aliphatic rings. The van der Waals surface area contributed by atoms with E-state index in [2.05, 4.69) is 0 Å². The highest BCUT2D eigenvalue weighted by atomic mass is 16.6. The molecular formula is C19H28O5. The first-order valence-corrected chi connectivity index (χ1v) is 8.45. The smallest absolute Gasteiger partial charge is 0.311 e. The van der Waals surface area contributed by atoms with Crippen molar-refractivity contribution < 1.29 is 23.8 Å². The highest BCUT2D eigenvalue weighted by molar-refractivity contribution is 5.75. The first-order chi connectivity index (χ1) is 11.3. The number of hydrogen-bond donors (Lipinski definition) is 0. The minimum Gasteiger partial charge on any atom is -0.487 e. The second kappa shape index (κ2) is 9.96. The fraction of sp³-hybridized carbons (Fsp3) is 0.579. The maximum atomic E-state index is 11.9. The normalized spacial score (nSPS) is 12.1. The van der Waals surface area contributed by atoms with E-state index in [1.165, 1.54) is 0 Å². The van der Waals surface area contributed by atoms with Gasteiger partial charge in [-0.25, -0.2) is 0 Å². The Hall–Kier alpha value is -2.04. The molecule has 0 saturated carbocycles. The Kier molecular flexibility index (Phi) is 8.30. The van der Waals surface area contributed by atoms with Crippen molar-refractivity contribution in [2.45, 2.75) is 66.1 Å². The van der Waals surface area contributed by atoms with E-state index in [1.54, 1.807) is 18.2 Å². The van der Waals surface area contributed by atoms with E-state index >= 15 is 0 Å². The maximum absolute atomic E-state index is 11.9. The number of rotatable bonds is 9. The Morgan fingerprint density at radius 3 is 2.08 bits per heavy atom. The molecule has 5 heteroatoms. The lowest BCUT2D eigenvalue weighted by atomic mass is 10.1. The van der Waals surface area contributed by atoms with Crippen molar-refractivity contribution in [3.8, 4) is 11.5 Å². The quantitative estimate of drug-likeness (QED) is 0.501. The molecule has 1 aromatic rings. The summed E-state index contributed by atoms with van der Waals surface area (Å²) in [5.41, 5.74) is 0. The van der Waals surface area contributed by atoms with E-state index in [1.807, 2.05) is 40.7 Å². The molecule has 0 spiro atoms. The minimum atomic E-state index is -0.389. The summed E-state index contributed by atoms with van der Waals surface area (Å²) in [6.07, 6.45) is 0.625. The van der Waals surface area contributed by atoms with E-state index in [0.29, 0.717) is 17.9 Å². The van der Waals surface area contributed by atoms with Crippen molar-refractivity contribution in [1.82, 2.24) is 0 Å². The Bertz CT molecular complexity index is 536. The SMILES string of the molecule is CC(C)Oc1ccccc1OC(=O)CCCC(=O)OC(C)C(C)C. The molecule has 5 nitrogen and oxygen atoms in total. The lowest BCUT2D eigenvalue weighted by molar-refractivity contribution is -0.150. The average Bonchev–Trinajstić information content (AvgIpc) is 2.48. The largest absolute Gasteiger partial charge is 0.487 e. The van der Waals surface area contributed by atoms with E-state index in [9.17, 15) is 9.59 Å². The van der Waals surface area contributed by atoms with Gasteiger partial charge in [-0.2, -0.15) is 0 Å². The van der Waals surface area contributed by atoms with Gasteiger partial charge in [-0.15, -0.1) is 0 Å². The van der Waals surface area contributed by atoms with E-state index in [4.69, 9.17) is 14.2 Å². The highest BCUT2D eigenvalue weighted by Gasteiger charge is 2.15. The van der Waals surface area contributed by atoms with Crippen molar-refractivity contribution in [1.29, 1.82) is 0 Å². The molecule has 0 aromatic heterocycles. The lowest BCUT2D eigenvalue weighted by Crippen LogP contribution is -2.20. The number of carbonyl (C=O) groups excluding carboxylic acids is 2. The molecule has 0 amide bonds. The summed E-state index contributed by atoms with van der Waals surface area (Å²) in [6.45, 7) is 9.66. The molecule has 0 radical (unpaired) electrons. The minimum absolute atomic E-state index is 0.0115. The summed E-state index contributed by atoms with van der Waals surface area (Å²) in [6, 6.07) is 7.04. The van der Waals surface area contributed by atoms with Gasteiger partial charge in [0, 0.05) is 12.8 Å². The monoisotopic (exact) mass is 336 g/mol. The standard InChI is InChI=1S/C19H28O5/c1-13(2)15(5)23-18(20)11-8-12-19(21)24-17-10-7-6-9-16(17)22-14(3)4/h6-7,9-10,13-15H,8,11-12H2,1-5H3. The molecule has 134 valence electrons. The van der Waals surface area contributed by atoms with Crippen LogP contribution in [0.4, 0.5) is 0 Å². The van der Waals surface area contributed by atoms with Gasteiger partial charge in [-0.1, -0.05) is 26.0 Å². The number of benzene rings is 1. The molecule has 1 rings (SSSR count). The Morgan fingerprint density at radius 1 is 0.917 bits per heavy atom. The number of para-hydroxylation sites is 2. The summed E-state index contributed by atoms with van der Waals surface area (Å²) in [5, 5.41) is 0. The van der Waals surface area contributed by atoms with Crippen LogP contribution in [-0.4, -0.2) is 24.1 Å². The van der Waals surface area contributed by atoms with Crippen LogP contribution in [0.1, 0.15) is 53.9 Å². The van der Waals surface area contributed by atoms with Gasteiger partial charge in [-0.3, -0.25) is 9.59 Å². The average molecular weight is 336 g/mol. The predicted octanol–water partition coefficient (Wildman–Crippen LogP) is 4.14. The second-order valence-electron chi connectivity index (χ2n) is 6.38. The topological polar surface area (TPSA) is 61.8 Å². The van der Waals surface area contributed by atoms with Crippen molar-refractivity contribution in [2.24, 2.45) is 5.92 Å². The Labute approximate surface area is 144 Å². The molecule has 0 saturated heterocycles. The van der Waals surface area contributed by atoms with E-state index < -0.39 is 0 Å². The zero-order chi connectivity index (χ0) is 18.1. The molecule has 24 heavy (non-hydrogen) atoms. The van der Waals surface area contributed by atoms with Crippen molar-refractivity contribution in [3.63, 3.8) is 0 Å². The molecule has 1 unspecified atom stereocenters. The summed E-state index contributed by atoms with van der Waals surface area (Å²) >= 11 is 0. The maximum Gasteiger partial charge on any atom is 0.311 e. The van der Waals surface area contributed by atoms with Crippen LogP contribution in [-0.2, 0) is 14.3 Å². The van der Waals surface area contributed by atoms with Gasteiger partial charge in [0.1, 0.15) is 6.10 Å². The zero-order valence-electron chi connectivity index (χ0n) is 15.2. The molecule has 1 atom stereocenters. The number of esters is 2. The summed E-state index contributed by atoms with van der Waals surface area (Å²) < 4.78 is 16.2. The van der Waals surface area contributed by atoms with Gasteiger partial charge in [0.25, 0.3) is 0 Å². The van der Waals surface area contributed by atoms with E-state index in [-0.39, 0.29) is 42.9 Å². The predicted molar refractivity (Wildman–Crippen MR) is 92.1 cm³/mol.